The number of aryl methyl sites for hydroxylation is 1. The maximum Gasteiger partial charge on any atom is 0.261 e. The highest BCUT2D eigenvalue weighted by atomic mass is 35.5. The Kier molecular flexibility index (Phi) is 5.98. The molecule has 2 atom stereocenters. The number of rotatable bonds is 3. The van der Waals surface area contributed by atoms with E-state index in [2.05, 4.69) is 11.7 Å². The number of hydrogen-bond acceptors (Lipinski definition) is 7. The van der Waals surface area contributed by atoms with E-state index in [-0.39, 0.29) is 76.7 Å². The van der Waals surface area contributed by atoms with Crippen LogP contribution < -0.4 is 9.64 Å². The highest BCUT2D eigenvalue weighted by Crippen LogP contribution is 2.48. The number of aromatic nitrogens is 3. The molecule has 1 fully saturated rings. The molecule has 202 valence electrons. The van der Waals surface area contributed by atoms with Crippen LogP contribution in [0.4, 0.5) is 10.2 Å². The molecule has 12 heteroatoms. The first-order valence-electron chi connectivity index (χ1n) is 12.5. The number of piperazine rings is 1. The van der Waals surface area contributed by atoms with E-state index in [1.807, 2.05) is 25.1 Å². The van der Waals surface area contributed by atoms with Gasteiger partial charge in [0.05, 0.1) is 29.9 Å². The summed E-state index contributed by atoms with van der Waals surface area (Å²) in [5.41, 5.74) is 1.76. The Labute approximate surface area is 228 Å². The molecule has 39 heavy (non-hydrogen) atoms. The van der Waals surface area contributed by atoms with E-state index in [1.54, 1.807) is 14.5 Å². The highest BCUT2D eigenvalue weighted by molar-refractivity contribution is 6.35. The Morgan fingerprint density at radius 1 is 1.28 bits per heavy atom. The number of anilines is 1. The summed E-state index contributed by atoms with van der Waals surface area (Å²) in [7, 11) is 1.84. The Morgan fingerprint density at radius 3 is 2.79 bits per heavy atom. The van der Waals surface area contributed by atoms with Gasteiger partial charge in [0, 0.05) is 38.4 Å². The zero-order chi connectivity index (χ0) is 27.6. The van der Waals surface area contributed by atoms with Crippen LogP contribution in [-0.2, 0) is 18.4 Å². The average Bonchev–Trinajstić information content (AvgIpc) is 3.38. The van der Waals surface area contributed by atoms with Crippen LogP contribution in [-0.4, -0.2) is 73.8 Å². The van der Waals surface area contributed by atoms with Crippen molar-refractivity contribution >= 4 is 29.2 Å². The highest BCUT2D eigenvalue weighted by Gasteiger charge is 2.42. The summed E-state index contributed by atoms with van der Waals surface area (Å²) in [6.07, 6.45) is 3.17. The molecule has 6 rings (SSSR count). The third kappa shape index (κ3) is 3.91. The van der Waals surface area contributed by atoms with Crippen molar-refractivity contribution in [2.45, 2.75) is 25.6 Å². The summed E-state index contributed by atoms with van der Waals surface area (Å²) >= 11 is 6.80. The third-order valence-corrected chi connectivity index (χ3v) is 7.97. The Hall–Kier alpha value is -4.12. The van der Waals surface area contributed by atoms with Gasteiger partial charge in [-0.1, -0.05) is 24.2 Å². The number of benzene rings is 1. The lowest BCUT2D eigenvalue weighted by Crippen LogP contribution is -2.57. The number of aromatic hydroxyl groups is 1. The minimum atomic E-state index is -0.716. The SMILES string of the molecule is C=CC(=O)N1CCN2C(=O)c3c(N4Cc5nn(C)cc5[C@@H]4C)nc(-c4c(O)cccc4F)c(Cl)c3OC[C@H]2C1. The van der Waals surface area contributed by atoms with Crippen LogP contribution in [0.15, 0.2) is 37.1 Å². The molecule has 0 aliphatic carbocycles. The van der Waals surface area contributed by atoms with Gasteiger partial charge in [0.1, 0.15) is 40.3 Å². The van der Waals surface area contributed by atoms with Crippen molar-refractivity contribution in [1.29, 1.82) is 0 Å². The quantitative estimate of drug-likeness (QED) is 0.497. The van der Waals surface area contributed by atoms with E-state index in [4.69, 9.17) is 21.3 Å². The summed E-state index contributed by atoms with van der Waals surface area (Å²) in [5.74, 6) is -1.30. The van der Waals surface area contributed by atoms with Gasteiger partial charge in [-0.2, -0.15) is 5.10 Å². The zero-order valence-corrected chi connectivity index (χ0v) is 22.2. The van der Waals surface area contributed by atoms with Crippen LogP contribution in [0.25, 0.3) is 11.3 Å². The zero-order valence-electron chi connectivity index (χ0n) is 21.4. The van der Waals surface area contributed by atoms with Crippen molar-refractivity contribution < 1.29 is 23.8 Å². The molecule has 3 aliphatic rings. The predicted octanol–water partition coefficient (Wildman–Crippen LogP) is 3.29. The minimum Gasteiger partial charge on any atom is -0.507 e. The van der Waals surface area contributed by atoms with Gasteiger partial charge in [-0.15, -0.1) is 0 Å². The molecule has 3 aromatic rings. The second kappa shape index (κ2) is 9.26. The molecule has 2 amide bonds. The number of hydrogen-bond donors (Lipinski definition) is 1. The van der Waals surface area contributed by atoms with Crippen molar-refractivity contribution in [2.75, 3.05) is 31.1 Å². The smallest absolute Gasteiger partial charge is 0.261 e. The first kappa shape index (κ1) is 25.2. The summed E-state index contributed by atoms with van der Waals surface area (Å²) in [6.45, 7) is 6.85. The van der Waals surface area contributed by atoms with Crippen molar-refractivity contribution in [2.24, 2.45) is 7.05 Å². The number of nitrogens with zero attached hydrogens (tertiary/aromatic N) is 6. The van der Waals surface area contributed by atoms with Gasteiger partial charge in [0.15, 0.2) is 5.75 Å². The Morgan fingerprint density at radius 2 is 2.08 bits per heavy atom. The molecule has 0 saturated carbocycles. The van der Waals surface area contributed by atoms with Gasteiger partial charge in [-0.3, -0.25) is 14.3 Å². The fourth-order valence-corrected chi connectivity index (χ4v) is 5.93. The van der Waals surface area contributed by atoms with E-state index in [0.29, 0.717) is 13.1 Å². The number of pyridine rings is 1. The van der Waals surface area contributed by atoms with Crippen molar-refractivity contribution in [3.05, 3.63) is 64.7 Å². The molecule has 0 radical (unpaired) electrons. The summed E-state index contributed by atoms with van der Waals surface area (Å²) in [6, 6.07) is 3.28. The number of fused-ring (bicyclic) bond motifs is 3. The Bertz CT molecular complexity index is 1520. The van der Waals surface area contributed by atoms with E-state index >= 15 is 4.39 Å². The van der Waals surface area contributed by atoms with Crippen LogP contribution >= 0.6 is 11.6 Å². The Balaban J connectivity index is 1.52. The molecular formula is C27H26ClFN6O4. The van der Waals surface area contributed by atoms with Crippen molar-refractivity contribution in [1.82, 2.24) is 24.6 Å². The lowest BCUT2D eigenvalue weighted by Gasteiger charge is -2.39. The summed E-state index contributed by atoms with van der Waals surface area (Å²) < 4.78 is 23.0. The molecule has 3 aliphatic heterocycles. The van der Waals surface area contributed by atoms with Gasteiger partial charge in [-0.25, -0.2) is 9.37 Å². The standard InChI is InChI=1S/C27H26ClFN6O4/c1-4-20(37)33-8-9-34-15(10-33)13-39-25-22(27(34)38)26(35-12-18-16(14(35)2)11-32(3)31-18)30-24(23(25)28)21-17(29)6-5-7-19(21)36/h4-7,11,14-15,36H,1,8-10,12-13H2,2-3H3/t14-,15+/m0/s1. The molecular weight excluding hydrogens is 527 g/mol. The molecule has 0 unspecified atom stereocenters. The lowest BCUT2D eigenvalue weighted by atomic mass is 10.0. The molecule has 0 spiro atoms. The van der Waals surface area contributed by atoms with E-state index in [1.165, 1.54) is 24.3 Å². The number of carbonyl (C=O) groups is 2. The first-order valence-corrected chi connectivity index (χ1v) is 12.9. The topological polar surface area (TPSA) is 104 Å². The maximum atomic E-state index is 15.0. The van der Waals surface area contributed by atoms with Crippen molar-refractivity contribution in [3.63, 3.8) is 0 Å². The molecule has 5 heterocycles. The van der Waals surface area contributed by atoms with E-state index < -0.39 is 11.9 Å². The number of ether oxygens (including phenoxy) is 1. The fourth-order valence-electron chi connectivity index (χ4n) is 5.65. The molecule has 1 saturated heterocycles. The van der Waals surface area contributed by atoms with Gasteiger partial charge in [0.2, 0.25) is 5.91 Å². The third-order valence-electron chi connectivity index (χ3n) is 7.62. The van der Waals surface area contributed by atoms with Crippen LogP contribution in [0.2, 0.25) is 5.02 Å². The molecule has 0 bridgehead atoms. The molecule has 10 nitrogen and oxygen atoms in total. The fraction of sp³-hybridized carbons (Fsp3) is 0.333. The van der Waals surface area contributed by atoms with Gasteiger partial charge >= 0.3 is 0 Å². The second-order valence-electron chi connectivity index (χ2n) is 9.90. The number of halogens is 2. The van der Waals surface area contributed by atoms with Gasteiger partial charge < -0.3 is 24.5 Å². The lowest BCUT2D eigenvalue weighted by molar-refractivity contribution is -0.128. The summed E-state index contributed by atoms with van der Waals surface area (Å²) in [4.78, 5) is 36.4. The minimum absolute atomic E-state index is 0.0329. The molecule has 1 N–H and O–H groups in total. The van der Waals surface area contributed by atoms with Crippen LogP contribution in [0.3, 0.4) is 0 Å². The van der Waals surface area contributed by atoms with Crippen LogP contribution in [0, 0.1) is 5.82 Å². The summed E-state index contributed by atoms with van der Waals surface area (Å²) in [5, 5.41) is 15.0. The second-order valence-corrected chi connectivity index (χ2v) is 10.3. The van der Waals surface area contributed by atoms with E-state index in [0.717, 1.165) is 11.3 Å². The monoisotopic (exact) mass is 552 g/mol. The first-order chi connectivity index (χ1) is 18.7. The maximum absolute atomic E-state index is 15.0. The van der Waals surface area contributed by atoms with Gasteiger partial charge in [0.25, 0.3) is 5.91 Å². The number of phenols is 1. The number of carbonyl (C=O) groups excluding carboxylic acids is 2. The molecule has 2 aromatic heterocycles. The predicted molar refractivity (Wildman–Crippen MR) is 141 cm³/mol. The normalized spacial score (nSPS) is 20.2. The average molecular weight is 553 g/mol. The largest absolute Gasteiger partial charge is 0.507 e. The molecule has 1 aromatic carbocycles. The number of amides is 2. The number of phenolic OH excluding ortho intramolecular Hbond substituents is 1. The van der Waals surface area contributed by atoms with E-state index in [9.17, 15) is 14.7 Å². The van der Waals surface area contributed by atoms with Crippen LogP contribution in [0.5, 0.6) is 11.5 Å². The van der Waals surface area contributed by atoms with Crippen LogP contribution in [0.1, 0.15) is 34.6 Å². The van der Waals surface area contributed by atoms with Gasteiger partial charge in [-0.05, 0) is 25.1 Å². The van der Waals surface area contributed by atoms with Crippen molar-refractivity contribution in [3.8, 4) is 22.8 Å².